The summed E-state index contributed by atoms with van der Waals surface area (Å²) in [6, 6.07) is 5.98. The van der Waals surface area contributed by atoms with Crippen LogP contribution in [0.2, 0.25) is 0 Å². The lowest BCUT2D eigenvalue weighted by molar-refractivity contribution is -0.142. The summed E-state index contributed by atoms with van der Waals surface area (Å²) >= 11 is 0. The van der Waals surface area contributed by atoms with Crippen molar-refractivity contribution in [3.63, 3.8) is 0 Å². The first kappa shape index (κ1) is 16.5. The second-order valence-corrected chi connectivity index (χ2v) is 5.07. The predicted molar refractivity (Wildman–Crippen MR) is 70.7 cm³/mol. The molecule has 1 heterocycles. The third kappa shape index (κ3) is 3.47. The molecule has 120 valence electrons. The van der Waals surface area contributed by atoms with Crippen LogP contribution in [0.25, 0.3) is 0 Å². The summed E-state index contributed by atoms with van der Waals surface area (Å²) in [5.74, 6) is -4.69. The van der Waals surface area contributed by atoms with Gasteiger partial charge in [0.05, 0.1) is 12.2 Å². The van der Waals surface area contributed by atoms with Crippen LogP contribution in [0.4, 0.5) is 27.6 Å². The smallest absolute Gasteiger partial charge is 0.319 e. The number of halogens is 5. The molecule has 0 aromatic heterocycles. The summed E-state index contributed by atoms with van der Waals surface area (Å²) in [7, 11) is 0. The van der Waals surface area contributed by atoms with E-state index in [0.29, 0.717) is 5.69 Å². The van der Waals surface area contributed by atoms with Crippen LogP contribution < -0.4 is 4.90 Å². The van der Waals surface area contributed by atoms with Gasteiger partial charge in [-0.3, -0.25) is 4.90 Å². The zero-order chi connectivity index (χ0) is 16.3. The zero-order valence-electron chi connectivity index (χ0n) is 11.6. The molecule has 3 nitrogen and oxygen atoms in total. The van der Waals surface area contributed by atoms with Crippen molar-refractivity contribution in [1.29, 1.82) is 5.26 Å². The number of rotatable bonds is 4. The molecule has 0 radical (unpaired) electrons. The standard InChI is InChI=1S/C14H14F5N3/c15-11-2-1-3-12(10(11)8-20)22-6-4-21(5-7-22)9-14(18,19)13(16)17/h1-3,13H,4-7,9H2. The maximum absolute atomic E-state index is 13.6. The van der Waals surface area contributed by atoms with Gasteiger partial charge in [0.2, 0.25) is 0 Å². The zero-order valence-corrected chi connectivity index (χ0v) is 11.6. The van der Waals surface area contributed by atoms with Crippen LogP contribution in [0.3, 0.4) is 0 Å². The van der Waals surface area contributed by atoms with Gasteiger partial charge in [0.25, 0.3) is 0 Å². The Morgan fingerprint density at radius 3 is 2.36 bits per heavy atom. The van der Waals surface area contributed by atoms with Crippen molar-refractivity contribution in [3.8, 4) is 6.07 Å². The van der Waals surface area contributed by atoms with E-state index < -0.39 is 24.7 Å². The Kier molecular flexibility index (Phi) is 4.86. The quantitative estimate of drug-likeness (QED) is 0.800. The Morgan fingerprint density at radius 2 is 1.82 bits per heavy atom. The van der Waals surface area contributed by atoms with Gasteiger partial charge in [-0.15, -0.1) is 0 Å². The summed E-state index contributed by atoms with van der Waals surface area (Å²) < 4.78 is 64.0. The minimum atomic E-state index is -4.04. The monoisotopic (exact) mass is 319 g/mol. The molecular weight excluding hydrogens is 305 g/mol. The third-order valence-electron chi connectivity index (χ3n) is 3.57. The van der Waals surface area contributed by atoms with Crippen LogP contribution >= 0.6 is 0 Å². The lowest BCUT2D eigenvalue weighted by Gasteiger charge is -2.37. The topological polar surface area (TPSA) is 30.3 Å². The fourth-order valence-electron chi connectivity index (χ4n) is 2.40. The van der Waals surface area contributed by atoms with Gasteiger partial charge >= 0.3 is 12.3 Å². The molecule has 1 aromatic carbocycles. The van der Waals surface area contributed by atoms with Crippen LogP contribution in [0, 0.1) is 17.1 Å². The number of nitriles is 1. The normalized spacial score (nSPS) is 16.9. The highest BCUT2D eigenvalue weighted by molar-refractivity contribution is 5.60. The lowest BCUT2D eigenvalue weighted by Crippen LogP contribution is -2.51. The molecule has 22 heavy (non-hydrogen) atoms. The average molecular weight is 319 g/mol. The van der Waals surface area contributed by atoms with E-state index in [-0.39, 0.29) is 31.7 Å². The van der Waals surface area contributed by atoms with E-state index in [1.165, 1.54) is 17.0 Å². The molecule has 1 fully saturated rings. The number of hydrogen-bond donors (Lipinski definition) is 0. The van der Waals surface area contributed by atoms with Gasteiger partial charge in [-0.2, -0.15) is 14.0 Å². The van der Waals surface area contributed by atoms with Crippen LogP contribution in [0.1, 0.15) is 5.56 Å². The number of alkyl halides is 4. The van der Waals surface area contributed by atoms with E-state index in [0.717, 1.165) is 0 Å². The lowest BCUT2D eigenvalue weighted by atomic mass is 10.1. The van der Waals surface area contributed by atoms with Gasteiger partial charge in [0.15, 0.2) is 0 Å². The minimum absolute atomic E-state index is 0.103. The first-order valence-electron chi connectivity index (χ1n) is 6.67. The molecule has 0 amide bonds. The van der Waals surface area contributed by atoms with Gasteiger partial charge in [0, 0.05) is 26.2 Å². The summed E-state index contributed by atoms with van der Waals surface area (Å²) in [4.78, 5) is 2.94. The van der Waals surface area contributed by atoms with Crippen LogP contribution in [0.15, 0.2) is 18.2 Å². The molecule has 0 saturated carbocycles. The van der Waals surface area contributed by atoms with Gasteiger partial charge < -0.3 is 4.90 Å². The number of benzene rings is 1. The molecule has 0 aliphatic carbocycles. The maximum atomic E-state index is 13.6. The molecule has 1 aromatic rings. The van der Waals surface area contributed by atoms with E-state index in [9.17, 15) is 22.0 Å². The predicted octanol–water partition coefficient (Wildman–Crippen LogP) is 2.72. The SMILES string of the molecule is N#Cc1c(F)cccc1N1CCN(CC(F)(F)C(F)F)CC1. The molecule has 2 rings (SSSR count). The Bertz CT molecular complexity index is 562. The molecule has 0 atom stereocenters. The molecule has 8 heteroatoms. The second-order valence-electron chi connectivity index (χ2n) is 5.07. The van der Waals surface area contributed by atoms with Gasteiger partial charge in [0.1, 0.15) is 17.4 Å². The van der Waals surface area contributed by atoms with Crippen molar-refractivity contribution in [1.82, 2.24) is 4.90 Å². The van der Waals surface area contributed by atoms with Crippen LogP contribution in [-0.2, 0) is 0 Å². The Hall–Kier alpha value is -1.88. The number of nitrogens with zero attached hydrogens (tertiary/aromatic N) is 3. The van der Waals surface area contributed by atoms with Crippen molar-refractivity contribution in [2.45, 2.75) is 12.3 Å². The second kappa shape index (κ2) is 6.48. The first-order valence-corrected chi connectivity index (χ1v) is 6.67. The Labute approximate surface area is 124 Å². The third-order valence-corrected chi connectivity index (χ3v) is 3.57. The molecule has 0 N–H and O–H groups in total. The summed E-state index contributed by atoms with van der Waals surface area (Å²) in [6.07, 6.45) is -3.70. The van der Waals surface area contributed by atoms with Gasteiger partial charge in [-0.05, 0) is 12.1 Å². The summed E-state index contributed by atoms with van der Waals surface area (Å²) in [6.45, 7) is -0.199. The fraction of sp³-hybridized carbons (Fsp3) is 0.500. The van der Waals surface area contributed by atoms with Crippen molar-refractivity contribution < 1.29 is 22.0 Å². The average Bonchev–Trinajstić information content (AvgIpc) is 2.47. The first-order chi connectivity index (χ1) is 10.3. The molecule has 0 unspecified atom stereocenters. The minimum Gasteiger partial charge on any atom is -0.368 e. The number of hydrogen-bond acceptors (Lipinski definition) is 3. The summed E-state index contributed by atoms with van der Waals surface area (Å²) in [5.41, 5.74) is 0.289. The molecule has 0 bridgehead atoms. The van der Waals surface area contributed by atoms with Crippen molar-refractivity contribution in [2.24, 2.45) is 0 Å². The van der Waals surface area contributed by atoms with E-state index in [1.807, 2.05) is 0 Å². The molecular formula is C14H14F5N3. The van der Waals surface area contributed by atoms with Gasteiger partial charge in [-0.25, -0.2) is 13.2 Å². The number of piperazine rings is 1. The van der Waals surface area contributed by atoms with E-state index in [4.69, 9.17) is 5.26 Å². The van der Waals surface area contributed by atoms with Gasteiger partial charge in [-0.1, -0.05) is 6.07 Å². The largest absolute Gasteiger partial charge is 0.368 e. The van der Waals surface area contributed by atoms with Crippen LogP contribution in [0.5, 0.6) is 0 Å². The maximum Gasteiger partial charge on any atom is 0.319 e. The van der Waals surface area contributed by atoms with Crippen molar-refractivity contribution in [3.05, 3.63) is 29.6 Å². The molecule has 0 spiro atoms. The Balaban J connectivity index is 2.02. The molecule has 1 aliphatic heterocycles. The molecule has 1 saturated heterocycles. The van der Waals surface area contributed by atoms with E-state index >= 15 is 0 Å². The number of anilines is 1. The fourth-order valence-corrected chi connectivity index (χ4v) is 2.40. The highest BCUT2D eigenvalue weighted by Gasteiger charge is 2.42. The van der Waals surface area contributed by atoms with Crippen LogP contribution in [-0.4, -0.2) is 50.0 Å². The summed E-state index contributed by atoms with van der Waals surface area (Å²) in [5, 5.41) is 8.99. The highest BCUT2D eigenvalue weighted by atomic mass is 19.3. The van der Waals surface area contributed by atoms with Crippen molar-refractivity contribution in [2.75, 3.05) is 37.6 Å². The van der Waals surface area contributed by atoms with Crippen molar-refractivity contribution >= 4 is 5.69 Å². The van der Waals surface area contributed by atoms with E-state index in [1.54, 1.807) is 17.0 Å². The van der Waals surface area contributed by atoms with E-state index in [2.05, 4.69) is 0 Å². The highest BCUT2D eigenvalue weighted by Crippen LogP contribution is 2.27. The molecule has 1 aliphatic rings. The Morgan fingerprint density at radius 1 is 1.18 bits per heavy atom.